The first-order valence-electron chi connectivity index (χ1n) is 1.48. The summed E-state index contributed by atoms with van der Waals surface area (Å²) in [6.45, 7) is 0. The third-order valence-electron chi connectivity index (χ3n) is 0.539. The first-order chi connectivity index (χ1) is 2.97. The minimum Gasteiger partial charge on any atom is -0.344 e. The van der Waals surface area contributed by atoms with E-state index in [0.717, 1.165) is 0 Å². The summed E-state index contributed by atoms with van der Waals surface area (Å²) in [5, 5.41) is 2.05. The van der Waals surface area contributed by atoms with Gasteiger partial charge in [0.1, 0.15) is 0 Å². The second-order valence-corrected chi connectivity index (χ2v) is 2.98. The van der Waals surface area contributed by atoms with Crippen LogP contribution in [0.4, 0.5) is 0 Å². The van der Waals surface area contributed by atoms with Crippen molar-refractivity contribution >= 4 is 11.9 Å². The Morgan fingerprint density at radius 2 is 2.43 bits per heavy atom. The van der Waals surface area contributed by atoms with Crippen molar-refractivity contribution < 1.29 is 15.4 Å². The maximum atomic E-state index is 2.07. The van der Waals surface area contributed by atoms with Gasteiger partial charge in [0.05, 0.1) is 0 Å². The monoisotopic (exact) mass is 166 g/mol. The molecule has 0 spiro atoms. The summed E-state index contributed by atoms with van der Waals surface area (Å²) in [6, 6.07) is 0. The quantitative estimate of drug-likeness (QED) is 0.327. The molecule has 45 valence electrons. The van der Waals surface area contributed by atoms with Gasteiger partial charge in [-0.15, -0.1) is 0 Å². The smallest absolute Gasteiger partial charge is 0.344 e. The molecule has 0 amide bonds. The average molecular weight is 167 g/mol. The molecule has 1 fully saturated rings. The average Bonchev–Trinajstić information content (AvgIpc) is 2.17. The van der Waals surface area contributed by atoms with E-state index in [1.54, 1.807) is 27.3 Å². The predicted octanol–water partition coefficient (Wildman–Crippen LogP) is 0.726. The summed E-state index contributed by atoms with van der Waals surface area (Å²) in [5.74, 6) is 0. The first-order valence-corrected chi connectivity index (χ1v) is 3.16. The molecule has 0 aromatic rings. The minimum absolute atomic E-state index is 0. The largest absolute Gasteiger partial charge is 0.344 e. The minimum atomic E-state index is 0. The standard InChI is InChI=1S/C2H2N2S.Cu.H3N/c1-2-5-4-3-1;;/h1-2H;;1H3/q-2;+2;. The van der Waals surface area contributed by atoms with Crippen LogP contribution in [-0.4, -0.2) is 7.46 Å². The Bertz CT molecular complexity index is 105. The van der Waals surface area contributed by atoms with Crippen molar-refractivity contribution in [2.24, 2.45) is 0 Å². The van der Waals surface area contributed by atoms with Crippen molar-refractivity contribution in [2.75, 3.05) is 0 Å². The molecule has 0 aromatic heterocycles. The van der Waals surface area contributed by atoms with Gasteiger partial charge in [-0.25, -0.2) is 0 Å². The van der Waals surface area contributed by atoms with Crippen LogP contribution in [0.3, 0.4) is 0 Å². The van der Waals surface area contributed by atoms with Crippen LogP contribution in [0.5, 0.6) is 0 Å². The topological polar surface area (TPSA) is 41.0 Å². The van der Waals surface area contributed by atoms with Crippen molar-refractivity contribution in [1.29, 1.82) is 0 Å². The Morgan fingerprint density at radius 3 is 2.57 bits per heavy atom. The zero-order valence-electron chi connectivity index (χ0n) is 3.47. The Balaban J connectivity index is 0.000000245. The zero-order valence-corrected chi connectivity index (χ0v) is 5.22. The van der Waals surface area contributed by atoms with Crippen molar-refractivity contribution in [3.8, 4) is 0 Å². The summed E-state index contributed by atoms with van der Waals surface area (Å²) >= 11 is 3.50. The van der Waals surface area contributed by atoms with Crippen LogP contribution in [0.1, 0.15) is 0 Å². The number of hydrogen-bond donors (Lipinski definition) is 1. The van der Waals surface area contributed by atoms with E-state index in [0.29, 0.717) is 0 Å². The number of nitrogens with zero attached hydrogens (tertiary/aromatic N) is 2. The van der Waals surface area contributed by atoms with Gasteiger partial charge in [0, 0.05) is 0 Å². The fourth-order valence-corrected chi connectivity index (χ4v) is 1.76. The van der Waals surface area contributed by atoms with E-state index in [1.807, 2.05) is 15.6 Å². The fourth-order valence-electron chi connectivity index (χ4n) is 0.282. The third-order valence-corrected chi connectivity index (χ3v) is 2.44. The molecule has 2 rings (SSSR count). The molecule has 2 aliphatic rings. The van der Waals surface area contributed by atoms with Crippen molar-refractivity contribution in [3.05, 3.63) is 11.6 Å². The van der Waals surface area contributed by atoms with E-state index in [4.69, 9.17) is 0 Å². The predicted molar refractivity (Wildman–Crippen MR) is 25.4 cm³/mol. The fraction of sp³-hybridized carbons (Fsp3) is 0. The van der Waals surface area contributed by atoms with Gasteiger partial charge in [0.15, 0.2) is 0 Å². The summed E-state index contributed by atoms with van der Waals surface area (Å²) in [7, 11) is 0. The Kier molecular flexibility index (Phi) is 1.32. The molecule has 7 heavy (non-hydrogen) atoms. The van der Waals surface area contributed by atoms with Gasteiger partial charge in [0.25, 0.3) is 0 Å². The van der Waals surface area contributed by atoms with Gasteiger partial charge in [-0.2, -0.15) is 0 Å². The molecule has 0 bridgehead atoms. The van der Waals surface area contributed by atoms with Crippen LogP contribution in [-0.2, 0) is 15.4 Å². The Hall–Kier alpha value is 0.329. The van der Waals surface area contributed by atoms with Crippen LogP contribution in [0.2, 0.25) is 0 Å². The van der Waals surface area contributed by atoms with Crippen molar-refractivity contribution in [3.63, 3.8) is 0 Å². The van der Waals surface area contributed by atoms with Crippen molar-refractivity contribution in [1.82, 2.24) is 13.6 Å². The molecular weight excluding hydrogens is 162 g/mol. The number of hydrazine groups is 1. The van der Waals surface area contributed by atoms with Crippen LogP contribution >= 0.6 is 11.9 Å². The van der Waals surface area contributed by atoms with Crippen molar-refractivity contribution in [2.45, 2.75) is 0 Å². The number of hydrogen-bond acceptors (Lipinski definition) is 4. The second-order valence-electron chi connectivity index (χ2n) is 0.901. The van der Waals surface area contributed by atoms with Crippen LogP contribution < -0.4 is 6.15 Å². The summed E-state index contributed by atoms with van der Waals surface area (Å²) in [4.78, 5) is 0. The van der Waals surface area contributed by atoms with Gasteiger partial charge >= 0.3 is 46.4 Å². The van der Waals surface area contributed by atoms with E-state index >= 15 is 0 Å². The van der Waals surface area contributed by atoms with E-state index < -0.39 is 0 Å². The molecular formula is C2H5CuN3S. The maximum Gasteiger partial charge on any atom is -0.344 e. The molecule has 0 radical (unpaired) electrons. The van der Waals surface area contributed by atoms with Crippen LogP contribution in [0, 0.1) is 0 Å². The van der Waals surface area contributed by atoms with Gasteiger partial charge < -0.3 is 6.15 Å². The molecule has 1 unspecified atom stereocenters. The summed E-state index contributed by atoms with van der Waals surface area (Å²) in [5.41, 5.74) is 0. The molecule has 0 saturated carbocycles. The molecule has 5 heteroatoms. The molecule has 0 aromatic carbocycles. The van der Waals surface area contributed by atoms with Crippen LogP contribution in [0.25, 0.3) is 0 Å². The molecule has 0 aliphatic carbocycles. The normalized spacial score (nSPS) is 33.1. The Labute approximate surface area is 53.0 Å². The molecule has 1 atom stereocenters. The van der Waals surface area contributed by atoms with E-state index in [2.05, 4.69) is 3.43 Å². The molecule has 3 nitrogen and oxygen atoms in total. The first kappa shape index (κ1) is 5.47. The molecule has 2 aliphatic heterocycles. The van der Waals surface area contributed by atoms with Gasteiger partial charge in [-0.05, 0) is 0 Å². The third kappa shape index (κ3) is 0.780. The summed E-state index contributed by atoms with van der Waals surface area (Å²) < 4.78 is 4.12. The Morgan fingerprint density at radius 1 is 1.57 bits per heavy atom. The van der Waals surface area contributed by atoms with Crippen LogP contribution in [0.15, 0.2) is 11.6 Å². The van der Waals surface area contributed by atoms with E-state index in [9.17, 15) is 0 Å². The van der Waals surface area contributed by atoms with Gasteiger partial charge in [-0.1, -0.05) is 0 Å². The SMILES string of the molecule is C1=C[N]2[Cu][N]2S1.N. The van der Waals surface area contributed by atoms with E-state index in [1.165, 1.54) is 0 Å². The zero-order chi connectivity index (χ0) is 3.98. The second kappa shape index (κ2) is 1.68. The molecule has 1 saturated heterocycles. The van der Waals surface area contributed by atoms with Gasteiger partial charge in [0.2, 0.25) is 0 Å². The molecule has 2 heterocycles. The molecule has 3 N–H and O–H groups in total. The maximum absolute atomic E-state index is 2.07. The number of fused-ring (bicyclic) bond motifs is 1. The van der Waals surface area contributed by atoms with Gasteiger partial charge in [-0.3, -0.25) is 0 Å². The summed E-state index contributed by atoms with van der Waals surface area (Å²) in [6.07, 6.45) is 2.03. The van der Waals surface area contributed by atoms with E-state index in [-0.39, 0.29) is 6.15 Å². The number of rotatable bonds is 0.